The number of rotatable bonds is 8. The molecule has 0 aromatic heterocycles. The Balaban J connectivity index is 3.16. The van der Waals surface area contributed by atoms with E-state index in [1.54, 1.807) is 19.2 Å². The van der Waals surface area contributed by atoms with E-state index in [1.807, 2.05) is 0 Å². The SMILES string of the molecule is C=CCN(CC=C)S(=O)(=O)c1ccc(CNC)c(Cl)c1. The Morgan fingerprint density at radius 2 is 1.90 bits per heavy atom. The summed E-state index contributed by atoms with van der Waals surface area (Å²) in [6.07, 6.45) is 3.08. The van der Waals surface area contributed by atoms with Gasteiger partial charge in [0.2, 0.25) is 10.0 Å². The Bertz CT molecular complexity index is 575. The van der Waals surface area contributed by atoms with Crippen LogP contribution in [0.25, 0.3) is 0 Å². The zero-order chi connectivity index (χ0) is 15.2. The van der Waals surface area contributed by atoms with Crippen molar-refractivity contribution in [2.45, 2.75) is 11.4 Å². The molecule has 1 aromatic carbocycles. The predicted octanol–water partition coefficient (Wildman–Crippen LogP) is 2.42. The molecule has 0 saturated carbocycles. The molecule has 110 valence electrons. The molecule has 0 aliphatic rings. The van der Waals surface area contributed by atoms with Gasteiger partial charge in [-0.05, 0) is 24.7 Å². The van der Waals surface area contributed by atoms with Crippen molar-refractivity contribution in [1.29, 1.82) is 0 Å². The van der Waals surface area contributed by atoms with Crippen molar-refractivity contribution in [2.75, 3.05) is 20.1 Å². The molecule has 0 heterocycles. The largest absolute Gasteiger partial charge is 0.316 e. The molecule has 0 unspecified atom stereocenters. The lowest BCUT2D eigenvalue weighted by molar-refractivity contribution is 0.474. The summed E-state index contributed by atoms with van der Waals surface area (Å²) in [5, 5.41) is 3.40. The van der Waals surface area contributed by atoms with E-state index in [2.05, 4.69) is 18.5 Å². The molecule has 1 rings (SSSR count). The standard InChI is InChI=1S/C14H19ClN2O2S/c1-4-8-17(9-5-2)20(18,19)13-7-6-12(11-16-3)14(15)10-13/h4-7,10,16H,1-2,8-9,11H2,3H3. The van der Waals surface area contributed by atoms with Crippen molar-refractivity contribution in [1.82, 2.24) is 9.62 Å². The molecule has 0 amide bonds. The molecule has 1 N–H and O–H groups in total. The fourth-order valence-corrected chi connectivity index (χ4v) is 3.45. The van der Waals surface area contributed by atoms with Crippen LogP contribution in [0.3, 0.4) is 0 Å². The second-order valence-corrected chi connectivity index (χ2v) is 6.53. The van der Waals surface area contributed by atoms with Crippen LogP contribution in [0.15, 0.2) is 48.4 Å². The monoisotopic (exact) mass is 314 g/mol. The summed E-state index contributed by atoms with van der Waals surface area (Å²) < 4.78 is 26.3. The molecule has 0 bridgehead atoms. The number of hydrogen-bond acceptors (Lipinski definition) is 3. The van der Waals surface area contributed by atoms with Gasteiger partial charge in [-0.25, -0.2) is 8.42 Å². The maximum atomic E-state index is 12.5. The lowest BCUT2D eigenvalue weighted by Gasteiger charge is -2.19. The third-order valence-corrected chi connectivity index (χ3v) is 4.87. The summed E-state index contributed by atoms with van der Waals surface area (Å²) in [7, 11) is -1.79. The fourth-order valence-electron chi connectivity index (χ4n) is 1.73. The third kappa shape index (κ3) is 3.93. The minimum atomic E-state index is -3.59. The number of hydrogen-bond donors (Lipinski definition) is 1. The van der Waals surface area contributed by atoms with E-state index in [0.717, 1.165) is 5.56 Å². The first-order chi connectivity index (χ1) is 9.47. The van der Waals surface area contributed by atoms with Gasteiger partial charge in [0, 0.05) is 24.7 Å². The van der Waals surface area contributed by atoms with Crippen LogP contribution in [-0.4, -0.2) is 32.9 Å². The van der Waals surface area contributed by atoms with Crippen LogP contribution in [0.2, 0.25) is 5.02 Å². The predicted molar refractivity (Wildman–Crippen MR) is 83.4 cm³/mol. The Hall–Kier alpha value is -1.14. The smallest absolute Gasteiger partial charge is 0.243 e. The minimum absolute atomic E-state index is 0.172. The summed E-state index contributed by atoms with van der Waals surface area (Å²) in [6.45, 7) is 8.18. The van der Waals surface area contributed by atoms with E-state index in [9.17, 15) is 8.42 Å². The second kappa shape index (κ2) is 7.59. The molecular weight excluding hydrogens is 296 g/mol. The highest BCUT2D eigenvalue weighted by Crippen LogP contribution is 2.23. The lowest BCUT2D eigenvalue weighted by atomic mass is 10.2. The summed E-state index contributed by atoms with van der Waals surface area (Å²) in [5.74, 6) is 0. The fraction of sp³-hybridized carbons (Fsp3) is 0.286. The number of nitrogens with one attached hydrogen (secondary N) is 1. The van der Waals surface area contributed by atoms with Crippen molar-refractivity contribution < 1.29 is 8.42 Å². The van der Waals surface area contributed by atoms with E-state index >= 15 is 0 Å². The Kier molecular flexibility index (Phi) is 6.42. The van der Waals surface area contributed by atoms with Crippen molar-refractivity contribution in [3.63, 3.8) is 0 Å². The molecule has 1 aromatic rings. The van der Waals surface area contributed by atoms with E-state index in [-0.39, 0.29) is 18.0 Å². The van der Waals surface area contributed by atoms with Gasteiger partial charge in [0.25, 0.3) is 0 Å². The molecule has 0 spiro atoms. The van der Waals surface area contributed by atoms with E-state index < -0.39 is 10.0 Å². The van der Waals surface area contributed by atoms with Gasteiger partial charge in [-0.15, -0.1) is 13.2 Å². The van der Waals surface area contributed by atoms with Gasteiger partial charge in [0.1, 0.15) is 0 Å². The quantitative estimate of drug-likeness (QED) is 0.750. The van der Waals surface area contributed by atoms with Crippen LogP contribution < -0.4 is 5.32 Å². The molecule has 0 atom stereocenters. The molecule has 0 aliphatic heterocycles. The van der Waals surface area contributed by atoms with Crippen molar-refractivity contribution in [3.8, 4) is 0 Å². The molecular formula is C14H19ClN2O2S. The first-order valence-electron chi connectivity index (χ1n) is 6.12. The van der Waals surface area contributed by atoms with E-state index in [4.69, 9.17) is 11.6 Å². The van der Waals surface area contributed by atoms with E-state index in [1.165, 1.54) is 22.5 Å². The molecule has 0 fully saturated rings. The molecule has 0 radical (unpaired) electrons. The van der Waals surface area contributed by atoms with Gasteiger partial charge >= 0.3 is 0 Å². The first kappa shape index (κ1) is 16.9. The van der Waals surface area contributed by atoms with Gasteiger partial charge in [-0.1, -0.05) is 29.8 Å². The van der Waals surface area contributed by atoms with Crippen molar-refractivity contribution >= 4 is 21.6 Å². The molecule has 6 heteroatoms. The van der Waals surface area contributed by atoms with Gasteiger partial charge in [0.05, 0.1) is 4.90 Å². The van der Waals surface area contributed by atoms with Crippen molar-refractivity contribution in [3.05, 3.63) is 54.1 Å². The topological polar surface area (TPSA) is 49.4 Å². The molecule has 20 heavy (non-hydrogen) atoms. The number of nitrogens with zero attached hydrogens (tertiary/aromatic N) is 1. The maximum Gasteiger partial charge on any atom is 0.243 e. The molecule has 0 saturated heterocycles. The molecule has 0 aliphatic carbocycles. The van der Waals surface area contributed by atoms with Crippen LogP contribution in [0.1, 0.15) is 5.56 Å². The Morgan fingerprint density at radius 3 is 2.35 bits per heavy atom. The van der Waals surface area contributed by atoms with Gasteiger partial charge in [-0.2, -0.15) is 4.31 Å². The normalized spacial score (nSPS) is 11.6. The lowest BCUT2D eigenvalue weighted by Crippen LogP contribution is -2.31. The zero-order valence-electron chi connectivity index (χ0n) is 11.5. The highest BCUT2D eigenvalue weighted by molar-refractivity contribution is 7.89. The average Bonchev–Trinajstić information content (AvgIpc) is 2.41. The van der Waals surface area contributed by atoms with Crippen LogP contribution in [0, 0.1) is 0 Å². The van der Waals surface area contributed by atoms with Crippen LogP contribution in [0.4, 0.5) is 0 Å². The number of benzene rings is 1. The second-order valence-electron chi connectivity index (χ2n) is 4.18. The maximum absolute atomic E-state index is 12.5. The van der Waals surface area contributed by atoms with E-state index in [0.29, 0.717) is 11.6 Å². The Morgan fingerprint density at radius 1 is 1.30 bits per heavy atom. The number of sulfonamides is 1. The highest BCUT2D eigenvalue weighted by atomic mass is 35.5. The molecule has 4 nitrogen and oxygen atoms in total. The summed E-state index contributed by atoms with van der Waals surface area (Å²) in [4.78, 5) is 0.172. The van der Waals surface area contributed by atoms with Crippen LogP contribution in [-0.2, 0) is 16.6 Å². The minimum Gasteiger partial charge on any atom is -0.316 e. The summed E-state index contributed by atoms with van der Waals surface area (Å²) in [6, 6.07) is 4.75. The Labute approximate surface area is 125 Å². The third-order valence-electron chi connectivity index (χ3n) is 2.70. The number of halogens is 1. The first-order valence-corrected chi connectivity index (χ1v) is 7.94. The summed E-state index contributed by atoms with van der Waals surface area (Å²) in [5.41, 5.74) is 0.854. The van der Waals surface area contributed by atoms with Gasteiger partial charge < -0.3 is 5.32 Å². The van der Waals surface area contributed by atoms with Crippen molar-refractivity contribution in [2.24, 2.45) is 0 Å². The average molecular weight is 315 g/mol. The van der Waals surface area contributed by atoms with Gasteiger partial charge in [-0.3, -0.25) is 0 Å². The van der Waals surface area contributed by atoms with Crippen LogP contribution in [0.5, 0.6) is 0 Å². The van der Waals surface area contributed by atoms with Gasteiger partial charge in [0.15, 0.2) is 0 Å². The highest BCUT2D eigenvalue weighted by Gasteiger charge is 2.23. The summed E-state index contributed by atoms with van der Waals surface area (Å²) >= 11 is 6.11. The zero-order valence-corrected chi connectivity index (χ0v) is 13.0. The van der Waals surface area contributed by atoms with Crippen LogP contribution >= 0.6 is 11.6 Å².